The van der Waals surface area contributed by atoms with Crippen LogP contribution in [0.15, 0.2) is 22.6 Å². The van der Waals surface area contributed by atoms with E-state index in [2.05, 4.69) is 10.3 Å². The van der Waals surface area contributed by atoms with Gasteiger partial charge in [-0.3, -0.25) is 9.59 Å². The van der Waals surface area contributed by atoms with Gasteiger partial charge in [-0.15, -0.1) is 0 Å². The van der Waals surface area contributed by atoms with Crippen LogP contribution in [0.1, 0.15) is 33.1 Å². The van der Waals surface area contributed by atoms with Gasteiger partial charge in [-0.25, -0.2) is 4.98 Å². The number of fused-ring (bicyclic) bond motifs is 1. The topological polar surface area (TPSA) is 92.4 Å². The van der Waals surface area contributed by atoms with Gasteiger partial charge in [0.2, 0.25) is 5.91 Å². The molecule has 0 aliphatic heterocycles. The zero-order chi connectivity index (χ0) is 16.5. The number of oxazole rings is 1. The maximum Gasteiger partial charge on any atom is 0.310 e. The second kappa shape index (κ2) is 5.79. The second-order valence-electron chi connectivity index (χ2n) is 6.02. The van der Waals surface area contributed by atoms with Crippen molar-refractivity contribution < 1.29 is 19.1 Å². The Labute approximate surface area is 128 Å². The van der Waals surface area contributed by atoms with Gasteiger partial charge >= 0.3 is 5.97 Å². The van der Waals surface area contributed by atoms with Gasteiger partial charge in [0, 0.05) is 19.0 Å². The van der Waals surface area contributed by atoms with E-state index in [1.807, 2.05) is 0 Å². The van der Waals surface area contributed by atoms with E-state index in [0.717, 1.165) is 0 Å². The molecule has 0 spiro atoms. The third kappa shape index (κ3) is 3.10. The van der Waals surface area contributed by atoms with Gasteiger partial charge in [0.1, 0.15) is 5.52 Å². The lowest BCUT2D eigenvalue weighted by Crippen LogP contribution is -2.37. The summed E-state index contributed by atoms with van der Waals surface area (Å²) in [5.74, 6) is -0.911. The fourth-order valence-electron chi connectivity index (χ4n) is 2.19. The summed E-state index contributed by atoms with van der Waals surface area (Å²) in [6.07, 6.45) is -0.0874. The Bertz CT molecular complexity index is 720. The lowest BCUT2D eigenvalue weighted by Gasteiger charge is -2.28. The number of carbonyl (C=O) groups is 2. The van der Waals surface area contributed by atoms with Crippen LogP contribution in [0.4, 0.5) is 5.69 Å². The normalized spacial score (nSPS) is 14.0. The van der Waals surface area contributed by atoms with Crippen molar-refractivity contribution in [2.45, 2.75) is 34.1 Å². The third-order valence-corrected chi connectivity index (χ3v) is 4.07. The van der Waals surface area contributed by atoms with Gasteiger partial charge in [0.25, 0.3) is 0 Å². The van der Waals surface area contributed by atoms with E-state index in [-0.39, 0.29) is 18.2 Å². The monoisotopic (exact) mass is 304 g/mol. The van der Waals surface area contributed by atoms with Gasteiger partial charge in [-0.2, -0.15) is 0 Å². The maximum atomic E-state index is 12.2. The number of rotatable bonds is 5. The number of carbonyl (C=O) groups excluding carboxylic acids is 1. The number of carboxylic acid groups (broad SMARTS) is 1. The Morgan fingerprint density at radius 1 is 1.41 bits per heavy atom. The molecule has 6 nitrogen and oxygen atoms in total. The summed E-state index contributed by atoms with van der Waals surface area (Å²) in [6.45, 7) is 6.93. The maximum absolute atomic E-state index is 12.2. The highest BCUT2D eigenvalue weighted by Gasteiger charge is 2.38. The summed E-state index contributed by atoms with van der Waals surface area (Å²) in [5.41, 5.74) is 0.772. The van der Waals surface area contributed by atoms with Gasteiger partial charge < -0.3 is 14.8 Å². The van der Waals surface area contributed by atoms with Crippen LogP contribution in [0, 0.1) is 18.3 Å². The highest BCUT2D eigenvalue weighted by molar-refractivity contribution is 5.95. The SMILES string of the molecule is Cc1nc2cc(NC(=O)C[C@@](C)(C(=O)O)C(C)C)ccc2o1. The van der Waals surface area contributed by atoms with Crippen molar-refractivity contribution in [1.29, 1.82) is 0 Å². The predicted molar refractivity (Wildman–Crippen MR) is 82.6 cm³/mol. The Hall–Kier alpha value is -2.37. The Morgan fingerprint density at radius 2 is 2.09 bits per heavy atom. The van der Waals surface area contributed by atoms with Crippen molar-refractivity contribution in [3.05, 3.63) is 24.1 Å². The Morgan fingerprint density at radius 3 is 2.68 bits per heavy atom. The van der Waals surface area contributed by atoms with Crippen molar-refractivity contribution in [3.63, 3.8) is 0 Å². The van der Waals surface area contributed by atoms with Crippen molar-refractivity contribution in [2.75, 3.05) is 5.32 Å². The standard InChI is InChI=1S/C16H20N2O4/c1-9(2)16(4,15(20)21)8-14(19)18-11-5-6-13-12(7-11)17-10(3)22-13/h5-7,9H,8H2,1-4H3,(H,18,19)(H,20,21)/t16-/m1/s1. The van der Waals surface area contributed by atoms with Crippen LogP contribution >= 0.6 is 0 Å². The van der Waals surface area contributed by atoms with E-state index >= 15 is 0 Å². The second-order valence-corrected chi connectivity index (χ2v) is 6.02. The highest BCUT2D eigenvalue weighted by Crippen LogP contribution is 2.32. The molecule has 0 bridgehead atoms. The number of benzene rings is 1. The summed E-state index contributed by atoms with van der Waals surface area (Å²) in [4.78, 5) is 27.8. The molecule has 0 aliphatic rings. The van der Waals surface area contributed by atoms with Gasteiger partial charge in [-0.05, 0) is 31.0 Å². The van der Waals surface area contributed by atoms with Crippen LogP contribution in [0.5, 0.6) is 0 Å². The van der Waals surface area contributed by atoms with E-state index < -0.39 is 11.4 Å². The lowest BCUT2D eigenvalue weighted by atomic mass is 9.76. The summed E-state index contributed by atoms with van der Waals surface area (Å²) in [6, 6.07) is 5.14. The number of hydrogen-bond donors (Lipinski definition) is 2. The first kappa shape index (κ1) is 16.0. The van der Waals surface area contributed by atoms with E-state index in [1.54, 1.807) is 45.9 Å². The van der Waals surface area contributed by atoms with Crippen LogP contribution in [0.25, 0.3) is 11.1 Å². The molecule has 1 heterocycles. The number of carboxylic acids is 1. The number of hydrogen-bond acceptors (Lipinski definition) is 4. The van der Waals surface area contributed by atoms with Gasteiger partial charge in [0.15, 0.2) is 11.5 Å². The molecule has 1 aromatic carbocycles. The molecule has 0 aliphatic carbocycles. The average Bonchev–Trinajstić information content (AvgIpc) is 2.77. The molecule has 0 saturated heterocycles. The fraction of sp³-hybridized carbons (Fsp3) is 0.438. The molecule has 2 N–H and O–H groups in total. The number of anilines is 1. The van der Waals surface area contributed by atoms with Crippen LogP contribution in [-0.2, 0) is 9.59 Å². The molecule has 6 heteroatoms. The molecular formula is C16H20N2O4. The lowest BCUT2D eigenvalue weighted by molar-refractivity contribution is -0.153. The molecule has 118 valence electrons. The number of aromatic nitrogens is 1. The van der Waals surface area contributed by atoms with Crippen LogP contribution in [0.3, 0.4) is 0 Å². The van der Waals surface area contributed by atoms with Crippen molar-refractivity contribution >= 4 is 28.7 Å². The Kier molecular flexibility index (Phi) is 4.21. The van der Waals surface area contributed by atoms with E-state index in [4.69, 9.17) is 4.42 Å². The summed E-state index contributed by atoms with van der Waals surface area (Å²) >= 11 is 0. The van der Waals surface area contributed by atoms with Gasteiger partial charge in [0.05, 0.1) is 5.41 Å². The number of amides is 1. The van der Waals surface area contributed by atoms with E-state index in [9.17, 15) is 14.7 Å². The highest BCUT2D eigenvalue weighted by atomic mass is 16.4. The molecular weight excluding hydrogens is 284 g/mol. The summed E-state index contributed by atoms with van der Waals surface area (Å²) < 4.78 is 5.37. The number of nitrogens with zero attached hydrogens (tertiary/aromatic N) is 1. The molecule has 1 atom stereocenters. The zero-order valence-corrected chi connectivity index (χ0v) is 13.1. The largest absolute Gasteiger partial charge is 0.481 e. The first-order chi connectivity index (χ1) is 10.2. The zero-order valence-electron chi connectivity index (χ0n) is 13.1. The minimum Gasteiger partial charge on any atom is -0.481 e. The van der Waals surface area contributed by atoms with Crippen LogP contribution in [0.2, 0.25) is 0 Å². The number of aryl methyl sites for hydroxylation is 1. The predicted octanol–water partition coefficient (Wildman–Crippen LogP) is 3.21. The Balaban J connectivity index is 2.14. The smallest absolute Gasteiger partial charge is 0.310 e. The van der Waals surface area contributed by atoms with E-state index in [1.165, 1.54) is 0 Å². The number of nitrogens with one attached hydrogen (secondary N) is 1. The first-order valence-electron chi connectivity index (χ1n) is 7.13. The van der Waals surface area contributed by atoms with Crippen molar-refractivity contribution in [1.82, 2.24) is 4.98 Å². The molecule has 0 fully saturated rings. The quantitative estimate of drug-likeness (QED) is 0.884. The third-order valence-electron chi connectivity index (χ3n) is 4.07. The molecule has 0 radical (unpaired) electrons. The molecule has 1 aromatic heterocycles. The summed E-state index contributed by atoms with van der Waals surface area (Å²) in [7, 11) is 0. The molecule has 1 amide bonds. The minimum atomic E-state index is -1.10. The molecule has 0 unspecified atom stereocenters. The first-order valence-corrected chi connectivity index (χ1v) is 7.13. The van der Waals surface area contributed by atoms with E-state index in [0.29, 0.717) is 22.7 Å². The average molecular weight is 304 g/mol. The van der Waals surface area contributed by atoms with Crippen molar-refractivity contribution in [3.8, 4) is 0 Å². The van der Waals surface area contributed by atoms with Crippen LogP contribution in [-0.4, -0.2) is 22.0 Å². The molecule has 0 saturated carbocycles. The minimum absolute atomic E-state index is 0.0874. The molecule has 2 aromatic rings. The molecule has 22 heavy (non-hydrogen) atoms. The number of aliphatic carboxylic acids is 1. The molecule has 2 rings (SSSR count). The fourth-order valence-corrected chi connectivity index (χ4v) is 2.19. The summed E-state index contributed by atoms with van der Waals surface area (Å²) in [5, 5.41) is 12.1. The van der Waals surface area contributed by atoms with Crippen LogP contribution < -0.4 is 5.32 Å². The van der Waals surface area contributed by atoms with Gasteiger partial charge in [-0.1, -0.05) is 13.8 Å². The van der Waals surface area contributed by atoms with Crippen molar-refractivity contribution in [2.24, 2.45) is 11.3 Å².